The number of carbonyl (C=O) groups is 2. The minimum atomic E-state index is -0.604. The third kappa shape index (κ3) is 3.56. The lowest BCUT2D eigenvalue weighted by molar-refractivity contribution is -0.121. The van der Waals surface area contributed by atoms with Gasteiger partial charge >= 0.3 is 0 Å². The number of likely N-dealkylation sites (N-methyl/N-ethyl adjacent to an activating group) is 1. The number of thiazole rings is 1. The van der Waals surface area contributed by atoms with Gasteiger partial charge in [0, 0.05) is 23.7 Å². The van der Waals surface area contributed by atoms with E-state index in [9.17, 15) is 9.59 Å². The number of anilines is 2. The molecule has 4 rings (SSSR count). The Labute approximate surface area is 193 Å². The molecule has 0 atom stereocenters. The Morgan fingerprint density at radius 1 is 1.19 bits per heavy atom. The fourth-order valence-electron chi connectivity index (χ4n) is 3.70. The molecule has 1 N–H and O–H groups in total. The Kier molecular flexibility index (Phi) is 5.45. The van der Waals surface area contributed by atoms with Gasteiger partial charge in [0.15, 0.2) is 10.9 Å². The normalized spacial score (nSPS) is 14.5. The van der Waals surface area contributed by atoms with Gasteiger partial charge in [-0.15, -0.1) is 11.3 Å². The Balaban J connectivity index is 1.63. The second-order valence-corrected chi connectivity index (χ2v) is 9.32. The zero-order valence-corrected chi connectivity index (χ0v) is 19.6. The van der Waals surface area contributed by atoms with Crippen molar-refractivity contribution in [3.05, 3.63) is 56.9 Å². The van der Waals surface area contributed by atoms with Crippen LogP contribution < -0.4 is 15.0 Å². The number of hydrogen-bond donors (Lipinski definition) is 1. The lowest BCUT2D eigenvalue weighted by atomic mass is 9.85. The summed E-state index contributed by atoms with van der Waals surface area (Å²) in [6, 6.07) is 8.93. The number of ether oxygens (including phenoxy) is 1. The van der Waals surface area contributed by atoms with Gasteiger partial charge in [-0.25, -0.2) is 4.98 Å². The van der Waals surface area contributed by atoms with Gasteiger partial charge in [0.1, 0.15) is 5.56 Å². The molecule has 1 aliphatic heterocycles. The number of amides is 2. The van der Waals surface area contributed by atoms with Gasteiger partial charge in [-0.1, -0.05) is 29.3 Å². The molecule has 2 heterocycles. The first-order valence-electron chi connectivity index (χ1n) is 9.37. The van der Waals surface area contributed by atoms with Crippen LogP contribution in [0.3, 0.4) is 0 Å². The summed E-state index contributed by atoms with van der Waals surface area (Å²) in [7, 11) is 3.20. The van der Waals surface area contributed by atoms with Crippen LogP contribution in [0.2, 0.25) is 10.0 Å². The minimum Gasteiger partial charge on any atom is -0.494 e. The van der Waals surface area contributed by atoms with E-state index in [-0.39, 0.29) is 27.3 Å². The molecule has 9 heteroatoms. The predicted octanol–water partition coefficient (Wildman–Crippen LogP) is 5.63. The summed E-state index contributed by atoms with van der Waals surface area (Å²) in [6.45, 7) is 3.83. The zero-order chi connectivity index (χ0) is 22.5. The lowest BCUT2D eigenvalue weighted by Gasteiger charge is -2.16. The van der Waals surface area contributed by atoms with Crippen molar-refractivity contribution in [2.45, 2.75) is 19.3 Å². The van der Waals surface area contributed by atoms with Crippen molar-refractivity contribution in [2.24, 2.45) is 0 Å². The topological polar surface area (TPSA) is 71.5 Å². The van der Waals surface area contributed by atoms with E-state index in [4.69, 9.17) is 27.9 Å². The molecule has 0 spiro atoms. The first-order chi connectivity index (χ1) is 14.6. The Hall–Kier alpha value is -2.61. The molecular weight excluding hydrogens is 457 g/mol. The largest absolute Gasteiger partial charge is 0.494 e. The molecule has 3 aromatic rings. The average molecular weight is 476 g/mol. The van der Waals surface area contributed by atoms with Crippen LogP contribution >= 0.6 is 34.5 Å². The maximum atomic E-state index is 12.8. The second kappa shape index (κ2) is 7.82. The molecular formula is C22H19Cl2N3O3S. The number of rotatable bonds is 4. The number of halogens is 2. The standard InChI is InChI=1S/C22H19Cl2N3O3S/c1-22(2)12-9-11(5-8-16(12)27(3)20(22)29)15-10-31-21(25-15)26-19(28)17-13(23)6-7-14(24)18(17)30-4/h5-10H,1-4H3,(H,25,26,28). The Morgan fingerprint density at radius 3 is 2.61 bits per heavy atom. The highest BCUT2D eigenvalue weighted by molar-refractivity contribution is 7.14. The van der Waals surface area contributed by atoms with Crippen molar-refractivity contribution in [1.82, 2.24) is 4.98 Å². The van der Waals surface area contributed by atoms with Gasteiger partial charge in [-0.3, -0.25) is 14.9 Å². The van der Waals surface area contributed by atoms with Crippen molar-refractivity contribution in [2.75, 3.05) is 24.4 Å². The third-order valence-electron chi connectivity index (χ3n) is 5.38. The summed E-state index contributed by atoms with van der Waals surface area (Å²) >= 11 is 13.6. The second-order valence-electron chi connectivity index (χ2n) is 7.65. The summed E-state index contributed by atoms with van der Waals surface area (Å²) in [6.07, 6.45) is 0. The quantitative estimate of drug-likeness (QED) is 0.530. The number of nitrogens with one attached hydrogen (secondary N) is 1. The van der Waals surface area contributed by atoms with Crippen molar-refractivity contribution in [3.63, 3.8) is 0 Å². The molecule has 0 unspecified atom stereocenters. The fraction of sp³-hybridized carbons (Fsp3) is 0.227. The number of nitrogens with zero attached hydrogens (tertiary/aromatic N) is 2. The number of hydrogen-bond acceptors (Lipinski definition) is 5. The van der Waals surface area contributed by atoms with Crippen LogP contribution in [-0.4, -0.2) is 31.0 Å². The first-order valence-corrected chi connectivity index (χ1v) is 11.0. The maximum Gasteiger partial charge on any atom is 0.262 e. The maximum absolute atomic E-state index is 12.8. The zero-order valence-electron chi connectivity index (χ0n) is 17.2. The highest BCUT2D eigenvalue weighted by atomic mass is 35.5. The van der Waals surface area contributed by atoms with E-state index in [1.807, 2.05) is 37.4 Å². The van der Waals surface area contributed by atoms with Crippen LogP contribution in [0.1, 0.15) is 29.8 Å². The molecule has 1 aliphatic rings. The number of benzene rings is 2. The van der Waals surface area contributed by atoms with Gasteiger partial charge < -0.3 is 9.64 Å². The van der Waals surface area contributed by atoms with Crippen molar-refractivity contribution >= 4 is 57.2 Å². The van der Waals surface area contributed by atoms with E-state index in [1.165, 1.54) is 18.4 Å². The third-order valence-corrected chi connectivity index (χ3v) is 6.75. The highest BCUT2D eigenvalue weighted by Crippen LogP contribution is 2.43. The molecule has 0 fully saturated rings. The average Bonchev–Trinajstić information content (AvgIpc) is 3.27. The van der Waals surface area contributed by atoms with E-state index < -0.39 is 11.3 Å². The van der Waals surface area contributed by atoms with Crippen LogP contribution in [-0.2, 0) is 10.2 Å². The van der Waals surface area contributed by atoms with Gasteiger partial charge in [0.25, 0.3) is 5.91 Å². The fourth-order valence-corrected chi connectivity index (χ4v) is 4.88. The summed E-state index contributed by atoms with van der Waals surface area (Å²) in [5.41, 5.74) is 2.95. The van der Waals surface area contributed by atoms with E-state index in [1.54, 1.807) is 24.1 Å². The Bertz CT molecular complexity index is 1220. The number of fused-ring (bicyclic) bond motifs is 1. The summed E-state index contributed by atoms with van der Waals surface area (Å²) in [5, 5.41) is 5.53. The van der Waals surface area contributed by atoms with Crippen LogP contribution in [0, 0.1) is 0 Å². The van der Waals surface area contributed by atoms with E-state index >= 15 is 0 Å². The molecule has 2 aromatic carbocycles. The molecule has 0 saturated heterocycles. The molecule has 0 aliphatic carbocycles. The molecule has 2 amide bonds. The monoisotopic (exact) mass is 475 g/mol. The molecule has 6 nitrogen and oxygen atoms in total. The minimum absolute atomic E-state index is 0.0539. The smallest absolute Gasteiger partial charge is 0.262 e. The number of methoxy groups -OCH3 is 1. The summed E-state index contributed by atoms with van der Waals surface area (Å²) < 4.78 is 5.24. The van der Waals surface area contributed by atoms with Crippen molar-refractivity contribution in [3.8, 4) is 17.0 Å². The van der Waals surface area contributed by atoms with Crippen LogP contribution in [0.4, 0.5) is 10.8 Å². The van der Waals surface area contributed by atoms with Crippen molar-refractivity contribution in [1.29, 1.82) is 0 Å². The van der Waals surface area contributed by atoms with Crippen LogP contribution in [0.5, 0.6) is 5.75 Å². The van der Waals surface area contributed by atoms with Crippen LogP contribution in [0.15, 0.2) is 35.7 Å². The van der Waals surface area contributed by atoms with Gasteiger partial charge in [-0.2, -0.15) is 0 Å². The van der Waals surface area contributed by atoms with Crippen molar-refractivity contribution < 1.29 is 14.3 Å². The highest BCUT2D eigenvalue weighted by Gasteiger charge is 2.42. The van der Waals surface area contributed by atoms with Gasteiger partial charge in [-0.05, 0) is 43.7 Å². The number of aromatic nitrogens is 1. The molecule has 160 valence electrons. The summed E-state index contributed by atoms with van der Waals surface area (Å²) in [4.78, 5) is 31.6. The lowest BCUT2D eigenvalue weighted by Crippen LogP contribution is -2.33. The van der Waals surface area contributed by atoms with Gasteiger partial charge in [0.2, 0.25) is 5.91 Å². The van der Waals surface area contributed by atoms with E-state index in [2.05, 4.69) is 10.3 Å². The van der Waals surface area contributed by atoms with Gasteiger partial charge in [0.05, 0.1) is 28.3 Å². The first kappa shape index (κ1) is 21.6. The number of carbonyl (C=O) groups excluding carboxylic acids is 2. The SMILES string of the molecule is COc1c(Cl)ccc(Cl)c1C(=O)Nc1nc(-c2ccc3c(c2)C(C)(C)C(=O)N3C)cs1. The Morgan fingerprint density at radius 2 is 1.90 bits per heavy atom. The predicted molar refractivity (Wildman–Crippen MR) is 125 cm³/mol. The molecule has 0 bridgehead atoms. The molecule has 31 heavy (non-hydrogen) atoms. The molecule has 0 radical (unpaired) electrons. The summed E-state index contributed by atoms with van der Waals surface area (Å²) in [5.74, 6) is -0.205. The van der Waals surface area contributed by atoms with E-state index in [0.717, 1.165) is 16.8 Å². The van der Waals surface area contributed by atoms with E-state index in [0.29, 0.717) is 10.8 Å². The van der Waals surface area contributed by atoms with Crippen LogP contribution in [0.25, 0.3) is 11.3 Å². The molecule has 1 aromatic heterocycles. The molecule has 0 saturated carbocycles.